The molecule has 1 unspecified atom stereocenters. The average Bonchev–Trinajstić information content (AvgIpc) is 3.32. The van der Waals surface area contributed by atoms with Crippen molar-refractivity contribution in [1.29, 1.82) is 0 Å². The molecule has 0 saturated heterocycles. The van der Waals surface area contributed by atoms with E-state index in [1.165, 1.54) is 6.07 Å². The lowest BCUT2D eigenvalue weighted by Gasteiger charge is -2.23. The zero-order valence-corrected chi connectivity index (χ0v) is 25.2. The maximum Gasteiger partial charge on any atom is 0.332 e. The zero-order chi connectivity index (χ0) is 30.1. The Hall–Kier alpha value is -3.75. The van der Waals surface area contributed by atoms with Gasteiger partial charge in [0.1, 0.15) is 0 Å². The molecule has 2 aliphatic rings. The van der Waals surface area contributed by atoms with Crippen LogP contribution in [0.2, 0.25) is 0 Å². The van der Waals surface area contributed by atoms with Gasteiger partial charge in [-0.15, -0.1) is 0 Å². The highest BCUT2D eigenvalue weighted by molar-refractivity contribution is 7.94. The number of urea groups is 1. The monoisotopic (exact) mass is 618 g/mol. The first-order valence-electron chi connectivity index (χ1n) is 13.8. The Labute approximate surface area is 248 Å². The molecular formula is C28H36N5O7S2+. The number of hydrogen-bond acceptors (Lipinski definition) is 9. The molecule has 2 amide bonds. The van der Waals surface area contributed by atoms with Crippen molar-refractivity contribution in [2.24, 2.45) is 4.40 Å². The first kappa shape index (κ1) is 31.2. The summed E-state index contributed by atoms with van der Waals surface area (Å²) in [4.78, 5) is 28.2. The van der Waals surface area contributed by atoms with Gasteiger partial charge in [0, 0.05) is 22.9 Å². The van der Waals surface area contributed by atoms with Crippen LogP contribution >= 0.6 is 0 Å². The largest absolute Gasteiger partial charge is 0.479 e. The second-order valence-electron chi connectivity index (χ2n) is 9.60. The van der Waals surface area contributed by atoms with Gasteiger partial charge in [-0.2, -0.15) is 4.31 Å². The van der Waals surface area contributed by atoms with Crippen molar-refractivity contribution < 1.29 is 32.7 Å². The number of nitrogens with one attached hydrogen (secondary N) is 3. The summed E-state index contributed by atoms with van der Waals surface area (Å²) >= 11 is -0.485. The van der Waals surface area contributed by atoms with Gasteiger partial charge >= 0.3 is 12.0 Å². The van der Waals surface area contributed by atoms with Gasteiger partial charge in [0.05, 0.1) is 23.7 Å². The van der Waals surface area contributed by atoms with E-state index in [2.05, 4.69) is 26.7 Å². The van der Waals surface area contributed by atoms with Crippen LogP contribution in [-0.2, 0) is 42.2 Å². The van der Waals surface area contributed by atoms with Crippen LogP contribution in [0, 0.1) is 0 Å². The fourth-order valence-corrected chi connectivity index (χ4v) is 7.50. The van der Waals surface area contributed by atoms with E-state index < -0.39 is 39.9 Å². The number of amides is 2. The summed E-state index contributed by atoms with van der Waals surface area (Å²) in [6.07, 6.45) is 3.20. The van der Waals surface area contributed by atoms with Crippen LogP contribution in [0.5, 0.6) is 0 Å². The SMILES string of the molecule is CCCC[S+]1N=C2OCCC(NOCC(=O)O)=C2N1Cc1ccc(-c2ccccc2S(=O)(=O)NC(=O)NCCC)cc1. The van der Waals surface area contributed by atoms with Crippen molar-refractivity contribution in [1.82, 2.24) is 19.8 Å². The molecule has 1 atom stereocenters. The van der Waals surface area contributed by atoms with Gasteiger partial charge in [0.15, 0.2) is 18.1 Å². The number of carbonyl (C=O) groups is 2. The number of fused-ring (bicyclic) bond motifs is 1. The summed E-state index contributed by atoms with van der Waals surface area (Å²) in [5, 5.41) is 11.5. The van der Waals surface area contributed by atoms with E-state index >= 15 is 0 Å². The third-order valence-corrected chi connectivity index (χ3v) is 9.61. The minimum atomic E-state index is -4.11. The third-order valence-electron chi connectivity index (χ3n) is 6.37. The fraction of sp³-hybridized carbons (Fsp3) is 0.393. The third kappa shape index (κ3) is 7.75. The Balaban J connectivity index is 1.57. The molecule has 226 valence electrons. The van der Waals surface area contributed by atoms with Crippen molar-refractivity contribution in [3.63, 3.8) is 0 Å². The Kier molecular flexibility index (Phi) is 10.7. The maximum absolute atomic E-state index is 13.0. The number of carbonyl (C=O) groups excluding carboxylic acids is 1. The fourth-order valence-electron chi connectivity index (χ4n) is 4.36. The summed E-state index contributed by atoms with van der Waals surface area (Å²) in [5.41, 5.74) is 6.40. The van der Waals surface area contributed by atoms with Crippen LogP contribution in [-0.4, -0.2) is 61.2 Å². The summed E-state index contributed by atoms with van der Waals surface area (Å²) in [6.45, 7) is 4.79. The van der Waals surface area contributed by atoms with E-state index in [0.29, 0.717) is 49.6 Å². The van der Waals surface area contributed by atoms with Gasteiger partial charge in [-0.3, -0.25) is 10.3 Å². The van der Waals surface area contributed by atoms with E-state index in [0.717, 1.165) is 35.6 Å². The summed E-state index contributed by atoms with van der Waals surface area (Å²) < 4.78 is 41.0. The van der Waals surface area contributed by atoms with E-state index in [-0.39, 0.29) is 4.90 Å². The molecule has 12 nitrogen and oxygen atoms in total. The van der Waals surface area contributed by atoms with Gasteiger partial charge in [0.2, 0.25) is 0 Å². The number of nitrogens with zero attached hydrogens (tertiary/aromatic N) is 2. The molecule has 0 fully saturated rings. The van der Waals surface area contributed by atoms with E-state index in [4.69, 9.17) is 19.1 Å². The molecule has 2 heterocycles. The quantitative estimate of drug-likeness (QED) is 0.184. The predicted molar refractivity (Wildman–Crippen MR) is 160 cm³/mol. The van der Waals surface area contributed by atoms with Crippen LogP contribution in [0.3, 0.4) is 0 Å². The lowest BCUT2D eigenvalue weighted by Crippen LogP contribution is -2.39. The molecule has 2 aromatic rings. The normalized spacial score (nSPS) is 16.4. The van der Waals surface area contributed by atoms with Crippen LogP contribution < -0.4 is 15.5 Å². The molecule has 2 aliphatic heterocycles. The number of carboxylic acids is 1. The van der Waals surface area contributed by atoms with Crippen molar-refractivity contribution in [3.8, 4) is 11.1 Å². The van der Waals surface area contributed by atoms with E-state index in [1.54, 1.807) is 18.2 Å². The molecule has 0 spiro atoms. The Bertz CT molecular complexity index is 1440. The van der Waals surface area contributed by atoms with Crippen molar-refractivity contribution in [2.75, 3.05) is 25.5 Å². The lowest BCUT2D eigenvalue weighted by atomic mass is 10.0. The number of aliphatic carboxylic acids is 1. The second-order valence-corrected chi connectivity index (χ2v) is 13.0. The number of unbranched alkanes of at least 4 members (excludes halogenated alkanes) is 1. The number of carboxylic acid groups (broad SMARTS) is 1. The topological polar surface area (TPSA) is 159 Å². The first-order valence-corrected chi connectivity index (χ1v) is 16.5. The first-order chi connectivity index (χ1) is 20.2. The smallest absolute Gasteiger partial charge is 0.332 e. The van der Waals surface area contributed by atoms with Gasteiger partial charge in [0.25, 0.3) is 27.2 Å². The molecule has 2 aromatic carbocycles. The van der Waals surface area contributed by atoms with E-state index in [9.17, 15) is 18.0 Å². The molecule has 0 radical (unpaired) electrons. The summed E-state index contributed by atoms with van der Waals surface area (Å²) in [7, 11) is -4.11. The summed E-state index contributed by atoms with van der Waals surface area (Å²) in [5.74, 6) is 0.288. The van der Waals surface area contributed by atoms with Crippen LogP contribution in [0.25, 0.3) is 11.1 Å². The van der Waals surface area contributed by atoms with Crippen molar-refractivity contribution in [3.05, 3.63) is 65.5 Å². The molecule has 4 N–H and O–H groups in total. The highest BCUT2D eigenvalue weighted by Crippen LogP contribution is 2.34. The predicted octanol–water partition coefficient (Wildman–Crippen LogP) is 3.45. The standard InChI is InChI=1S/C28H35N5O7S2/c1-3-5-17-41-31-27-26(23(14-16-39-27)30-40-19-25(34)35)33(41)18-20-10-12-21(13-11-20)22-8-6-7-9-24(22)42(37,38)32-28(36)29-15-4-2/h6-13H,3-5,14-19H2,1-2H3,(H3-,29,30,31,32,34,35,36)/p+1. The lowest BCUT2D eigenvalue weighted by molar-refractivity contribution is -0.144. The molecule has 0 bridgehead atoms. The minimum absolute atomic E-state index is 0.00433. The van der Waals surface area contributed by atoms with Gasteiger partial charge in [-0.1, -0.05) is 62.7 Å². The maximum atomic E-state index is 13.0. The number of hydrogen-bond donors (Lipinski definition) is 4. The number of benzene rings is 2. The molecule has 0 aromatic heterocycles. The van der Waals surface area contributed by atoms with Gasteiger partial charge < -0.3 is 15.2 Å². The minimum Gasteiger partial charge on any atom is -0.479 e. The van der Waals surface area contributed by atoms with Gasteiger partial charge in [-0.25, -0.2) is 22.7 Å². The highest BCUT2D eigenvalue weighted by atomic mass is 32.2. The molecule has 0 aliphatic carbocycles. The number of rotatable bonds is 14. The van der Waals surface area contributed by atoms with Crippen LogP contribution in [0.1, 0.15) is 45.1 Å². The van der Waals surface area contributed by atoms with Gasteiger partial charge in [-0.05, 0) is 30.0 Å². The van der Waals surface area contributed by atoms with Crippen molar-refractivity contribution >= 4 is 39.2 Å². The molecule has 4 rings (SSSR count). The number of ether oxygens (including phenoxy) is 1. The van der Waals surface area contributed by atoms with Crippen LogP contribution in [0.4, 0.5) is 4.79 Å². The Morgan fingerprint density at radius 3 is 2.60 bits per heavy atom. The summed E-state index contributed by atoms with van der Waals surface area (Å²) in [6, 6.07) is 13.3. The number of sulfonamides is 1. The second kappa shape index (κ2) is 14.4. The molecule has 42 heavy (non-hydrogen) atoms. The zero-order valence-electron chi connectivity index (χ0n) is 23.6. The number of hydroxylamine groups is 1. The molecule has 14 heteroatoms. The highest BCUT2D eigenvalue weighted by Gasteiger charge is 2.45. The van der Waals surface area contributed by atoms with Crippen molar-refractivity contribution in [2.45, 2.75) is 51.0 Å². The Morgan fingerprint density at radius 2 is 1.88 bits per heavy atom. The molecule has 0 saturated carbocycles. The van der Waals surface area contributed by atoms with E-state index in [1.807, 2.05) is 31.2 Å². The Morgan fingerprint density at radius 1 is 1.12 bits per heavy atom. The average molecular weight is 619 g/mol. The molecular weight excluding hydrogens is 582 g/mol. The van der Waals surface area contributed by atoms with Crippen LogP contribution in [0.15, 0.2) is 69.2 Å².